The molecule has 1 unspecified atom stereocenters. The van der Waals surface area contributed by atoms with Gasteiger partial charge in [0, 0.05) is 18.3 Å². The Bertz CT molecular complexity index is 321. The Labute approximate surface area is 89.6 Å². The molecular formula is C10H18N4O. The van der Waals surface area contributed by atoms with Gasteiger partial charge in [-0.25, -0.2) is 0 Å². The molecule has 1 amide bonds. The van der Waals surface area contributed by atoms with E-state index in [0.717, 1.165) is 25.1 Å². The van der Waals surface area contributed by atoms with Crippen molar-refractivity contribution in [3.05, 3.63) is 18.0 Å². The number of primary amides is 1. The minimum absolute atomic E-state index is 0.362. The maximum atomic E-state index is 11.2. The molecule has 0 fully saturated rings. The predicted molar refractivity (Wildman–Crippen MR) is 58.1 cm³/mol. The average Bonchev–Trinajstić information content (AvgIpc) is 2.66. The molecule has 0 saturated heterocycles. The summed E-state index contributed by atoms with van der Waals surface area (Å²) >= 11 is 0. The number of carbonyl (C=O) groups excluding carboxylic acids is 1. The number of amides is 1. The van der Waals surface area contributed by atoms with Gasteiger partial charge in [-0.3, -0.25) is 9.48 Å². The standard InChI is InChI=1S/C10H18N4O/c1-3-5-12-9(10(11)15)8-6-13-14(4-2)7-8/h6-7,9,12H,3-5H2,1-2H3,(H2,11,15). The second kappa shape index (κ2) is 5.50. The fraction of sp³-hybridized carbons (Fsp3) is 0.600. The molecule has 1 atom stereocenters. The Hall–Kier alpha value is -1.36. The monoisotopic (exact) mass is 210 g/mol. The van der Waals surface area contributed by atoms with Gasteiger partial charge < -0.3 is 11.1 Å². The Kier molecular flexibility index (Phi) is 4.30. The van der Waals surface area contributed by atoms with Gasteiger partial charge in [-0.05, 0) is 19.9 Å². The van der Waals surface area contributed by atoms with E-state index in [2.05, 4.69) is 10.4 Å². The number of aromatic nitrogens is 2. The molecule has 0 aliphatic carbocycles. The predicted octanol–water partition coefficient (Wildman–Crippen LogP) is 0.429. The van der Waals surface area contributed by atoms with Crippen LogP contribution in [0.3, 0.4) is 0 Å². The van der Waals surface area contributed by atoms with E-state index in [1.54, 1.807) is 10.9 Å². The SMILES string of the molecule is CCCNC(C(N)=O)c1cnn(CC)c1. The lowest BCUT2D eigenvalue weighted by Crippen LogP contribution is -2.33. The number of nitrogens with zero attached hydrogens (tertiary/aromatic N) is 2. The third-order valence-electron chi connectivity index (χ3n) is 2.19. The van der Waals surface area contributed by atoms with Gasteiger partial charge in [0.2, 0.25) is 5.91 Å². The first kappa shape index (κ1) is 11.7. The Morgan fingerprint density at radius 2 is 2.40 bits per heavy atom. The largest absolute Gasteiger partial charge is 0.368 e. The summed E-state index contributed by atoms with van der Waals surface area (Å²) in [6.45, 7) is 5.60. The summed E-state index contributed by atoms with van der Waals surface area (Å²) in [5.41, 5.74) is 6.15. The number of rotatable bonds is 6. The first-order valence-electron chi connectivity index (χ1n) is 5.24. The molecule has 84 valence electrons. The molecule has 1 heterocycles. The summed E-state index contributed by atoms with van der Waals surface area (Å²) in [6.07, 6.45) is 4.49. The molecule has 0 aromatic carbocycles. The van der Waals surface area contributed by atoms with Gasteiger partial charge in [-0.1, -0.05) is 6.92 Å². The lowest BCUT2D eigenvalue weighted by atomic mass is 10.1. The van der Waals surface area contributed by atoms with Crippen LogP contribution in [0.25, 0.3) is 0 Å². The van der Waals surface area contributed by atoms with Crippen LogP contribution in [0.1, 0.15) is 31.9 Å². The number of hydrogen-bond donors (Lipinski definition) is 2. The smallest absolute Gasteiger partial charge is 0.239 e. The van der Waals surface area contributed by atoms with Crippen LogP contribution in [-0.2, 0) is 11.3 Å². The first-order chi connectivity index (χ1) is 7.19. The maximum Gasteiger partial charge on any atom is 0.239 e. The Morgan fingerprint density at radius 3 is 2.87 bits per heavy atom. The molecule has 1 aromatic heterocycles. The molecule has 0 spiro atoms. The molecule has 0 bridgehead atoms. The molecule has 0 radical (unpaired) electrons. The average molecular weight is 210 g/mol. The van der Waals surface area contributed by atoms with Gasteiger partial charge in [0.05, 0.1) is 6.20 Å². The van der Waals surface area contributed by atoms with E-state index >= 15 is 0 Å². The zero-order valence-electron chi connectivity index (χ0n) is 9.23. The van der Waals surface area contributed by atoms with E-state index in [9.17, 15) is 4.79 Å². The lowest BCUT2D eigenvalue weighted by molar-refractivity contribution is -0.120. The van der Waals surface area contributed by atoms with Crippen molar-refractivity contribution >= 4 is 5.91 Å². The normalized spacial score (nSPS) is 12.7. The van der Waals surface area contributed by atoms with Crippen molar-refractivity contribution in [2.45, 2.75) is 32.9 Å². The van der Waals surface area contributed by atoms with Crippen molar-refractivity contribution in [1.82, 2.24) is 15.1 Å². The van der Waals surface area contributed by atoms with E-state index in [1.807, 2.05) is 20.0 Å². The first-order valence-corrected chi connectivity index (χ1v) is 5.24. The van der Waals surface area contributed by atoms with Crippen LogP contribution >= 0.6 is 0 Å². The second-order valence-electron chi connectivity index (χ2n) is 3.42. The van der Waals surface area contributed by atoms with Crippen molar-refractivity contribution in [2.75, 3.05) is 6.54 Å². The summed E-state index contributed by atoms with van der Waals surface area (Å²) in [7, 11) is 0. The summed E-state index contributed by atoms with van der Waals surface area (Å²) in [5.74, 6) is -0.362. The molecule has 1 rings (SSSR count). The Morgan fingerprint density at radius 1 is 1.67 bits per heavy atom. The molecule has 5 heteroatoms. The zero-order chi connectivity index (χ0) is 11.3. The highest BCUT2D eigenvalue weighted by molar-refractivity contribution is 5.81. The van der Waals surface area contributed by atoms with Gasteiger partial charge >= 0.3 is 0 Å². The Balaban J connectivity index is 2.74. The fourth-order valence-corrected chi connectivity index (χ4v) is 1.37. The second-order valence-corrected chi connectivity index (χ2v) is 3.42. The van der Waals surface area contributed by atoms with Gasteiger partial charge in [-0.15, -0.1) is 0 Å². The molecular weight excluding hydrogens is 192 g/mol. The van der Waals surface area contributed by atoms with E-state index in [1.165, 1.54) is 0 Å². The summed E-state index contributed by atoms with van der Waals surface area (Å²) in [4.78, 5) is 11.2. The van der Waals surface area contributed by atoms with E-state index in [4.69, 9.17) is 5.73 Å². The quantitative estimate of drug-likeness (QED) is 0.715. The van der Waals surface area contributed by atoms with Crippen molar-refractivity contribution in [2.24, 2.45) is 5.73 Å². The third-order valence-corrected chi connectivity index (χ3v) is 2.19. The third kappa shape index (κ3) is 3.06. The highest BCUT2D eigenvalue weighted by Gasteiger charge is 2.18. The van der Waals surface area contributed by atoms with E-state index < -0.39 is 6.04 Å². The molecule has 15 heavy (non-hydrogen) atoms. The minimum atomic E-state index is -0.426. The highest BCUT2D eigenvalue weighted by Crippen LogP contribution is 2.11. The number of nitrogens with two attached hydrogens (primary N) is 1. The van der Waals surface area contributed by atoms with E-state index in [-0.39, 0.29) is 5.91 Å². The van der Waals surface area contributed by atoms with Crippen molar-refractivity contribution < 1.29 is 4.79 Å². The topological polar surface area (TPSA) is 72.9 Å². The van der Waals surface area contributed by atoms with Crippen LogP contribution in [0.4, 0.5) is 0 Å². The van der Waals surface area contributed by atoms with Crippen molar-refractivity contribution in [3.8, 4) is 0 Å². The minimum Gasteiger partial charge on any atom is -0.368 e. The molecule has 1 aromatic rings. The molecule has 0 saturated carbocycles. The van der Waals surface area contributed by atoms with Gasteiger partial charge in [-0.2, -0.15) is 5.10 Å². The zero-order valence-corrected chi connectivity index (χ0v) is 9.23. The van der Waals surface area contributed by atoms with Crippen molar-refractivity contribution in [3.63, 3.8) is 0 Å². The van der Waals surface area contributed by atoms with E-state index in [0.29, 0.717) is 0 Å². The number of nitrogens with one attached hydrogen (secondary N) is 1. The number of hydrogen-bond acceptors (Lipinski definition) is 3. The molecule has 0 aliphatic heterocycles. The van der Waals surface area contributed by atoms with Crippen LogP contribution in [0.15, 0.2) is 12.4 Å². The lowest BCUT2D eigenvalue weighted by Gasteiger charge is -2.12. The van der Waals surface area contributed by atoms with Gasteiger partial charge in [0.25, 0.3) is 0 Å². The van der Waals surface area contributed by atoms with Crippen molar-refractivity contribution in [1.29, 1.82) is 0 Å². The van der Waals surface area contributed by atoms with Gasteiger partial charge in [0.15, 0.2) is 0 Å². The molecule has 3 N–H and O–H groups in total. The maximum absolute atomic E-state index is 11.2. The molecule has 5 nitrogen and oxygen atoms in total. The van der Waals surface area contributed by atoms with Gasteiger partial charge in [0.1, 0.15) is 6.04 Å². The summed E-state index contributed by atoms with van der Waals surface area (Å²) in [5, 5.41) is 7.21. The van der Waals surface area contributed by atoms with Crippen LogP contribution < -0.4 is 11.1 Å². The molecule has 0 aliphatic rings. The number of aryl methyl sites for hydroxylation is 1. The van der Waals surface area contributed by atoms with Crippen LogP contribution in [0.5, 0.6) is 0 Å². The summed E-state index contributed by atoms with van der Waals surface area (Å²) in [6, 6.07) is -0.426. The number of carbonyl (C=O) groups is 1. The fourth-order valence-electron chi connectivity index (χ4n) is 1.37. The highest BCUT2D eigenvalue weighted by atomic mass is 16.1. The van der Waals surface area contributed by atoms with Crippen LogP contribution in [0.2, 0.25) is 0 Å². The summed E-state index contributed by atoms with van der Waals surface area (Å²) < 4.78 is 1.78. The van der Waals surface area contributed by atoms with Crippen LogP contribution in [-0.4, -0.2) is 22.2 Å². The van der Waals surface area contributed by atoms with Crippen LogP contribution in [0, 0.1) is 0 Å².